The zero-order chi connectivity index (χ0) is 24.4. The number of benzene rings is 3. The summed E-state index contributed by atoms with van der Waals surface area (Å²) < 4.78 is 5.97. The summed E-state index contributed by atoms with van der Waals surface area (Å²) in [4.78, 5) is 39.5. The zero-order valence-electron chi connectivity index (χ0n) is 19.0. The van der Waals surface area contributed by atoms with Gasteiger partial charge in [0.1, 0.15) is 17.9 Å². The van der Waals surface area contributed by atoms with E-state index in [2.05, 4.69) is 5.32 Å². The number of hydrogen-bond donors (Lipinski definition) is 1. The number of anilines is 1. The maximum atomic E-state index is 13.3. The highest BCUT2D eigenvalue weighted by Gasteiger charge is 2.37. The van der Waals surface area contributed by atoms with Crippen LogP contribution in [0.2, 0.25) is 5.02 Å². The van der Waals surface area contributed by atoms with E-state index in [4.69, 9.17) is 16.3 Å². The molecular weight excluding hydrogens is 452 g/mol. The summed E-state index contributed by atoms with van der Waals surface area (Å²) in [6.07, 6.45) is 1.40. The monoisotopic (exact) mass is 474 g/mol. The van der Waals surface area contributed by atoms with Crippen molar-refractivity contribution in [3.05, 3.63) is 99.1 Å². The van der Waals surface area contributed by atoms with Crippen molar-refractivity contribution in [1.82, 2.24) is 5.32 Å². The molecule has 6 nitrogen and oxygen atoms in total. The molecule has 1 heterocycles. The van der Waals surface area contributed by atoms with Crippen LogP contribution in [0.1, 0.15) is 27.8 Å². The smallest absolute Gasteiger partial charge is 0.335 e. The summed E-state index contributed by atoms with van der Waals surface area (Å²) in [7, 11) is 0. The molecule has 3 aromatic carbocycles. The summed E-state index contributed by atoms with van der Waals surface area (Å²) >= 11 is 6.19. The van der Waals surface area contributed by atoms with Gasteiger partial charge in [-0.3, -0.25) is 14.9 Å². The van der Waals surface area contributed by atoms with E-state index in [1.807, 2.05) is 50.2 Å². The van der Waals surface area contributed by atoms with Crippen LogP contribution in [0.4, 0.5) is 10.5 Å². The van der Waals surface area contributed by atoms with Gasteiger partial charge in [0.2, 0.25) is 0 Å². The Morgan fingerprint density at radius 2 is 1.62 bits per heavy atom. The van der Waals surface area contributed by atoms with Gasteiger partial charge in [0.05, 0.1) is 5.69 Å². The SMILES string of the molecule is Cc1ccc(COc2ccc(Cl)cc2/C=C2\C(=O)NC(=O)N(c3cc(C)ccc3C)C2=O)cc1. The number of imide groups is 2. The fourth-order valence-electron chi connectivity index (χ4n) is 3.60. The van der Waals surface area contributed by atoms with Gasteiger partial charge in [-0.05, 0) is 67.8 Å². The standard InChI is InChI=1S/C27H23ClN2O4/c1-16-5-8-19(9-6-16)15-34-24-11-10-21(28)13-20(24)14-22-25(31)29-27(33)30(26(22)32)23-12-17(2)4-7-18(23)3/h4-14H,15H2,1-3H3,(H,29,31,33)/b22-14+. The van der Waals surface area contributed by atoms with Crippen LogP contribution in [-0.2, 0) is 16.2 Å². The van der Waals surface area contributed by atoms with Gasteiger partial charge >= 0.3 is 6.03 Å². The quantitative estimate of drug-likeness (QED) is 0.390. The Hall–Kier alpha value is -3.90. The maximum Gasteiger partial charge on any atom is 0.335 e. The minimum atomic E-state index is -0.789. The number of nitrogens with one attached hydrogen (secondary N) is 1. The number of rotatable bonds is 5. The fraction of sp³-hybridized carbons (Fsp3) is 0.148. The van der Waals surface area contributed by atoms with Crippen molar-refractivity contribution in [3.8, 4) is 5.75 Å². The Kier molecular flexibility index (Phi) is 6.52. The first-order valence-corrected chi connectivity index (χ1v) is 11.1. The van der Waals surface area contributed by atoms with E-state index in [0.717, 1.165) is 27.2 Å². The molecule has 1 saturated heterocycles. The topological polar surface area (TPSA) is 75.7 Å². The van der Waals surface area contributed by atoms with E-state index in [0.29, 0.717) is 28.6 Å². The fourth-order valence-corrected chi connectivity index (χ4v) is 3.78. The van der Waals surface area contributed by atoms with E-state index >= 15 is 0 Å². The molecule has 0 unspecified atom stereocenters. The number of amides is 4. The summed E-state index contributed by atoms with van der Waals surface area (Å²) in [6.45, 7) is 5.96. The summed E-state index contributed by atoms with van der Waals surface area (Å²) in [5.41, 5.74) is 4.40. The van der Waals surface area contributed by atoms with Gasteiger partial charge in [0.25, 0.3) is 11.8 Å². The minimum Gasteiger partial charge on any atom is -0.488 e. The Morgan fingerprint density at radius 1 is 0.912 bits per heavy atom. The average molecular weight is 475 g/mol. The minimum absolute atomic E-state index is 0.192. The first-order valence-electron chi connectivity index (χ1n) is 10.7. The Bertz CT molecular complexity index is 1330. The second-order valence-electron chi connectivity index (χ2n) is 8.20. The molecule has 1 aliphatic rings. The lowest BCUT2D eigenvalue weighted by atomic mass is 10.0. The number of carbonyl (C=O) groups excluding carboxylic acids is 3. The second kappa shape index (κ2) is 9.53. The van der Waals surface area contributed by atoms with Gasteiger partial charge < -0.3 is 4.74 Å². The van der Waals surface area contributed by atoms with Gasteiger partial charge in [0, 0.05) is 10.6 Å². The number of hydrogen-bond acceptors (Lipinski definition) is 4. The maximum absolute atomic E-state index is 13.3. The number of urea groups is 1. The van der Waals surface area contributed by atoms with Crippen LogP contribution >= 0.6 is 11.6 Å². The van der Waals surface area contributed by atoms with E-state index in [9.17, 15) is 14.4 Å². The summed E-state index contributed by atoms with van der Waals surface area (Å²) in [6, 6.07) is 17.5. The highest BCUT2D eigenvalue weighted by Crippen LogP contribution is 2.30. The third-order valence-corrected chi connectivity index (χ3v) is 5.73. The first kappa shape index (κ1) is 23.3. The number of ether oxygens (including phenoxy) is 1. The van der Waals surface area contributed by atoms with Crippen LogP contribution in [0.15, 0.2) is 66.2 Å². The van der Waals surface area contributed by atoms with E-state index in [1.54, 1.807) is 31.2 Å². The second-order valence-corrected chi connectivity index (χ2v) is 8.64. The normalized spacial score (nSPS) is 15.0. The largest absolute Gasteiger partial charge is 0.488 e. The number of halogens is 1. The molecule has 0 aliphatic carbocycles. The molecule has 0 aromatic heterocycles. The molecule has 4 rings (SSSR count). The van der Waals surface area contributed by atoms with Crippen molar-refractivity contribution < 1.29 is 19.1 Å². The van der Waals surface area contributed by atoms with E-state index in [1.165, 1.54) is 6.08 Å². The third kappa shape index (κ3) is 4.87. The molecule has 172 valence electrons. The van der Waals surface area contributed by atoms with Crippen LogP contribution in [-0.4, -0.2) is 17.8 Å². The van der Waals surface area contributed by atoms with Gasteiger partial charge in [-0.25, -0.2) is 9.69 Å². The lowest BCUT2D eigenvalue weighted by molar-refractivity contribution is -0.122. The van der Waals surface area contributed by atoms with Crippen molar-refractivity contribution in [2.75, 3.05) is 4.90 Å². The molecule has 1 fully saturated rings. The van der Waals surface area contributed by atoms with Crippen molar-refractivity contribution in [3.63, 3.8) is 0 Å². The lowest BCUT2D eigenvalue weighted by Gasteiger charge is -2.28. The molecule has 4 amide bonds. The van der Waals surface area contributed by atoms with E-state index in [-0.39, 0.29) is 5.57 Å². The number of nitrogens with zero attached hydrogens (tertiary/aromatic N) is 1. The van der Waals surface area contributed by atoms with Crippen molar-refractivity contribution in [2.45, 2.75) is 27.4 Å². The number of barbiturate groups is 1. The predicted molar refractivity (Wildman–Crippen MR) is 132 cm³/mol. The molecule has 0 bridgehead atoms. The predicted octanol–water partition coefficient (Wildman–Crippen LogP) is 5.51. The van der Waals surface area contributed by atoms with Crippen molar-refractivity contribution in [2.24, 2.45) is 0 Å². The molecule has 1 N–H and O–H groups in total. The lowest BCUT2D eigenvalue weighted by Crippen LogP contribution is -2.54. The Morgan fingerprint density at radius 3 is 2.35 bits per heavy atom. The van der Waals surface area contributed by atoms with Crippen LogP contribution in [0.5, 0.6) is 5.75 Å². The Balaban J connectivity index is 1.69. The van der Waals surface area contributed by atoms with Gasteiger partial charge in [-0.1, -0.05) is 53.6 Å². The van der Waals surface area contributed by atoms with Gasteiger partial charge in [0.15, 0.2) is 0 Å². The molecule has 34 heavy (non-hydrogen) atoms. The van der Waals surface area contributed by atoms with Crippen LogP contribution in [0.3, 0.4) is 0 Å². The van der Waals surface area contributed by atoms with E-state index < -0.39 is 17.8 Å². The Labute approximate surface area is 202 Å². The number of carbonyl (C=O) groups is 3. The third-order valence-electron chi connectivity index (χ3n) is 5.49. The van der Waals surface area contributed by atoms with Crippen LogP contribution in [0, 0.1) is 20.8 Å². The molecule has 0 spiro atoms. The van der Waals surface area contributed by atoms with Crippen molar-refractivity contribution in [1.29, 1.82) is 0 Å². The van der Waals surface area contributed by atoms with Crippen LogP contribution in [0.25, 0.3) is 6.08 Å². The molecule has 0 atom stereocenters. The highest BCUT2D eigenvalue weighted by molar-refractivity contribution is 6.39. The first-order chi connectivity index (χ1) is 16.2. The van der Waals surface area contributed by atoms with Gasteiger partial charge in [-0.2, -0.15) is 0 Å². The average Bonchev–Trinajstić information content (AvgIpc) is 2.79. The molecule has 1 aliphatic heterocycles. The molecular formula is C27H23ClN2O4. The van der Waals surface area contributed by atoms with Crippen molar-refractivity contribution >= 4 is 41.2 Å². The zero-order valence-corrected chi connectivity index (χ0v) is 19.8. The summed E-state index contributed by atoms with van der Waals surface area (Å²) in [5.74, 6) is -1.04. The molecule has 7 heteroatoms. The molecule has 0 radical (unpaired) electrons. The van der Waals surface area contributed by atoms with Gasteiger partial charge in [-0.15, -0.1) is 0 Å². The highest BCUT2D eigenvalue weighted by atomic mass is 35.5. The summed E-state index contributed by atoms with van der Waals surface area (Å²) in [5, 5.41) is 2.67. The van der Waals surface area contributed by atoms with Crippen LogP contribution < -0.4 is 15.0 Å². The molecule has 3 aromatic rings. The molecule has 0 saturated carbocycles. The number of aryl methyl sites for hydroxylation is 3.